The van der Waals surface area contributed by atoms with E-state index in [1.54, 1.807) is 6.07 Å². The number of nitrogens with zero attached hydrogens (tertiary/aromatic N) is 2. The van der Waals surface area contributed by atoms with Crippen molar-refractivity contribution >= 4 is 39.8 Å². The third kappa shape index (κ3) is 3.20. The molecule has 1 aliphatic rings. The summed E-state index contributed by atoms with van der Waals surface area (Å²) < 4.78 is 0. The Morgan fingerprint density at radius 3 is 2.75 bits per heavy atom. The van der Waals surface area contributed by atoms with Crippen molar-refractivity contribution < 1.29 is 0 Å². The minimum Gasteiger partial charge on any atom is -0.346 e. The molecule has 0 fully saturated rings. The van der Waals surface area contributed by atoms with Crippen molar-refractivity contribution in [3.8, 4) is 0 Å². The summed E-state index contributed by atoms with van der Waals surface area (Å²) in [5.41, 5.74) is 4.75. The van der Waals surface area contributed by atoms with Crippen LogP contribution in [-0.4, -0.2) is 28.0 Å². The van der Waals surface area contributed by atoms with Crippen LogP contribution in [0.1, 0.15) is 17.5 Å². The van der Waals surface area contributed by atoms with Crippen LogP contribution in [0.5, 0.6) is 0 Å². The van der Waals surface area contributed by atoms with Gasteiger partial charge in [-0.2, -0.15) is 0 Å². The van der Waals surface area contributed by atoms with Crippen LogP contribution < -0.4 is 0 Å². The first kappa shape index (κ1) is 15.7. The standard InChI is InChI=1S/C19H17Cl2N3/c20-15-8-13(9-16(21)10-15)12-24-6-3-14(4-7-24)18-11-23-19-17(18)2-1-5-22-19/h1-3,5,8-11H,4,6-7,12H2,(H,22,23). The summed E-state index contributed by atoms with van der Waals surface area (Å²) in [7, 11) is 0. The Bertz CT molecular complexity index is 894. The van der Waals surface area contributed by atoms with E-state index in [0.717, 1.165) is 37.3 Å². The van der Waals surface area contributed by atoms with Crippen LogP contribution in [-0.2, 0) is 6.54 Å². The van der Waals surface area contributed by atoms with E-state index in [1.807, 2.05) is 24.4 Å². The Hall–Kier alpha value is -1.81. The average Bonchev–Trinajstić information content (AvgIpc) is 2.99. The number of rotatable bonds is 3. The van der Waals surface area contributed by atoms with E-state index in [-0.39, 0.29) is 0 Å². The fourth-order valence-electron chi connectivity index (χ4n) is 3.28. The number of hydrogen-bond acceptors (Lipinski definition) is 2. The Kier molecular flexibility index (Phi) is 4.31. The lowest BCUT2D eigenvalue weighted by atomic mass is 9.99. The number of halogens is 2. The van der Waals surface area contributed by atoms with Gasteiger partial charge in [-0.25, -0.2) is 4.98 Å². The molecule has 0 radical (unpaired) electrons. The van der Waals surface area contributed by atoms with Crippen molar-refractivity contribution in [2.45, 2.75) is 13.0 Å². The molecule has 4 rings (SSSR count). The first-order chi connectivity index (χ1) is 11.7. The van der Waals surface area contributed by atoms with Gasteiger partial charge in [0.1, 0.15) is 5.65 Å². The topological polar surface area (TPSA) is 31.9 Å². The Morgan fingerprint density at radius 2 is 2.00 bits per heavy atom. The first-order valence-corrected chi connectivity index (χ1v) is 8.73. The molecule has 0 atom stereocenters. The average molecular weight is 358 g/mol. The summed E-state index contributed by atoms with van der Waals surface area (Å²) >= 11 is 12.2. The molecule has 3 aromatic rings. The van der Waals surface area contributed by atoms with Crippen LogP contribution in [0.4, 0.5) is 0 Å². The number of hydrogen-bond donors (Lipinski definition) is 1. The second-order valence-electron chi connectivity index (χ2n) is 6.09. The first-order valence-electron chi connectivity index (χ1n) is 7.98. The van der Waals surface area contributed by atoms with E-state index in [4.69, 9.17) is 23.2 Å². The number of H-pyrrole nitrogens is 1. The monoisotopic (exact) mass is 357 g/mol. The van der Waals surface area contributed by atoms with Crippen LogP contribution in [0.25, 0.3) is 16.6 Å². The molecule has 0 amide bonds. The lowest BCUT2D eigenvalue weighted by Crippen LogP contribution is -2.28. The van der Waals surface area contributed by atoms with Gasteiger partial charge in [-0.05, 0) is 47.9 Å². The maximum atomic E-state index is 6.09. The highest BCUT2D eigenvalue weighted by atomic mass is 35.5. The molecule has 5 heteroatoms. The number of benzene rings is 1. The van der Waals surface area contributed by atoms with Crippen molar-refractivity contribution in [3.63, 3.8) is 0 Å². The quantitative estimate of drug-likeness (QED) is 0.701. The highest BCUT2D eigenvalue weighted by Gasteiger charge is 2.16. The number of nitrogens with one attached hydrogen (secondary N) is 1. The fourth-order valence-corrected chi connectivity index (χ4v) is 3.85. The minimum absolute atomic E-state index is 0.692. The molecule has 0 spiro atoms. The molecule has 2 aromatic heterocycles. The fraction of sp³-hybridized carbons (Fsp3) is 0.211. The van der Waals surface area contributed by atoms with Gasteiger partial charge in [0, 0.05) is 53.0 Å². The van der Waals surface area contributed by atoms with E-state index in [2.05, 4.69) is 33.2 Å². The zero-order valence-corrected chi connectivity index (χ0v) is 14.6. The predicted molar refractivity (Wildman–Crippen MR) is 100 cm³/mol. The maximum absolute atomic E-state index is 6.09. The van der Waals surface area contributed by atoms with Gasteiger partial charge < -0.3 is 4.98 Å². The maximum Gasteiger partial charge on any atom is 0.137 e. The highest BCUT2D eigenvalue weighted by Crippen LogP contribution is 2.29. The van der Waals surface area contributed by atoms with Gasteiger partial charge in [0.25, 0.3) is 0 Å². The highest BCUT2D eigenvalue weighted by molar-refractivity contribution is 6.34. The number of fused-ring (bicyclic) bond motifs is 1. The zero-order chi connectivity index (χ0) is 16.5. The molecule has 122 valence electrons. The van der Waals surface area contributed by atoms with Gasteiger partial charge in [-0.3, -0.25) is 4.90 Å². The number of pyridine rings is 1. The molecule has 0 saturated carbocycles. The van der Waals surface area contributed by atoms with Crippen LogP contribution in [0.2, 0.25) is 10.0 Å². The third-order valence-electron chi connectivity index (χ3n) is 4.42. The zero-order valence-electron chi connectivity index (χ0n) is 13.1. The van der Waals surface area contributed by atoms with Crippen molar-refractivity contribution in [2.75, 3.05) is 13.1 Å². The van der Waals surface area contributed by atoms with Crippen LogP contribution in [0.15, 0.2) is 48.8 Å². The molecule has 24 heavy (non-hydrogen) atoms. The molecule has 3 nitrogen and oxygen atoms in total. The normalized spacial score (nSPS) is 15.7. The second-order valence-corrected chi connectivity index (χ2v) is 6.97. The summed E-state index contributed by atoms with van der Waals surface area (Å²) in [6.07, 6.45) is 7.22. The molecule has 1 aliphatic heterocycles. The summed E-state index contributed by atoms with van der Waals surface area (Å²) in [6, 6.07) is 9.84. The van der Waals surface area contributed by atoms with Crippen molar-refractivity contribution in [3.05, 3.63) is 70.0 Å². The summed E-state index contributed by atoms with van der Waals surface area (Å²) in [4.78, 5) is 10.0. The van der Waals surface area contributed by atoms with E-state index < -0.39 is 0 Å². The molecule has 0 aliphatic carbocycles. The molecule has 3 heterocycles. The third-order valence-corrected chi connectivity index (χ3v) is 4.86. The number of aromatic amines is 1. The molecule has 0 bridgehead atoms. The Morgan fingerprint density at radius 1 is 1.17 bits per heavy atom. The van der Waals surface area contributed by atoms with Crippen molar-refractivity contribution in [1.82, 2.24) is 14.9 Å². The van der Waals surface area contributed by atoms with Crippen LogP contribution in [0.3, 0.4) is 0 Å². The van der Waals surface area contributed by atoms with Gasteiger partial charge in [0.15, 0.2) is 0 Å². The molecular weight excluding hydrogens is 341 g/mol. The minimum atomic E-state index is 0.692. The second kappa shape index (κ2) is 6.60. The van der Waals surface area contributed by atoms with E-state index in [9.17, 15) is 0 Å². The molecule has 1 N–H and O–H groups in total. The summed E-state index contributed by atoms with van der Waals surface area (Å²) in [5, 5.41) is 2.58. The van der Waals surface area contributed by atoms with Gasteiger partial charge in [-0.15, -0.1) is 0 Å². The summed E-state index contributed by atoms with van der Waals surface area (Å²) in [5.74, 6) is 0. The van der Waals surface area contributed by atoms with Gasteiger partial charge in [0.05, 0.1) is 0 Å². The van der Waals surface area contributed by atoms with Crippen LogP contribution >= 0.6 is 23.2 Å². The molecule has 0 unspecified atom stereocenters. The lowest BCUT2D eigenvalue weighted by molar-refractivity contribution is 0.294. The number of aromatic nitrogens is 2. The van der Waals surface area contributed by atoms with E-state index >= 15 is 0 Å². The SMILES string of the molecule is Clc1cc(Cl)cc(CN2CC=C(c3c[nH]c4ncccc34)CC2)c1. The smallest absolute Gasteiger partial charge is 0.137 e. The Labute approximate surface area is 150 Å². The van der Waals surface area contributed by atoms with Crippen molar-refractivity contribution in [1.29, 1.82) is 0 Å². The van der Waals surface area contributed by atoms with Crippen molar-refractivity contribution in [2.24, 2.45) is 0 Å². The molecule has 1 aromatic carbocycles. The largest absolute Gasteiger partial charge is 0.346 e. The summed E-state index contributed by atoms with van der Waals surface area (Å²) in [6.45, 7) is 2.80. The van der Waals surface area contributed by atoms with Gasteiger partial charge in [0.2, 0.25) is 0 Å². The molecule has 0 saturated heterocycles. The van der Waals surface area contributed by atoms with E-state index in [0.29, 0.717) is 10.0 Å². The predicted octanol–water partition coefficient (Wildman–Crippen LogP) is 5.16. The van der Waals surface area contributed by atoms with E-state index in [1.165, 1.54) is 16.5 Å². The van der Waals surface area contributed by atoms with Crippen LogP contribution in [0, 0.1) is 0 Å². The van der Waals surface area contributed by atoms with Gasteiger partial charge in [-0.1, -0.05) is 29.3 Å². The lowest BCUT2D eigenvalue weighted by Gasteiger charge is -2.26. The van der Waals surface area contributed by atoms with Gasteiger partial charge >= 0.3 is 0 Å². The Balaban J connectivity index is 1.51. The molecular formula is C19H17Cl2N3.